The smallest absolute Gasteiger partial charge is 0.115 e. The number of rotatable bonds is 2. The van der Waals surface area contributed by atoms with E-state index in [1.807, 2.05) is 12.4 Å². The van der Waals surface area contributed by atoms with Gasteiger partial charge >= 0.3 is 0 Å². The van der Waals surface area contributed by atoms with Gasteiger partial charge in [0, 0.05) is 18.9 Å². The molecule has 0 radical (unpaired) electrons. The fourth-order valence-corrected chi connectivity index (χ4v) is 1.96. The zero-order chi connectivity index (χ0) is 9.10. The number of likely N-dealkylation sites (tertiary alicyclic amines) is 1. The van der Waals surface area contributed by atoms with Crippen molar-refractivity contribution in [3.63, 3.8) is 0 Å². The molecule has 1 fully saturated rings. The standard InChI is InChI=1S/C10H15N3/c1-13-3-2-9(7-13)4-10-5-11-8-12-6-10/h5-6,8-9H,2-4,7H2,1H3. The fourth-order valence-electron chi connectivity index (χ4n) is 1.96. The summed E-state index contributed by atoms with van der Waals surface area (Å²) in [6.07, 6.45) is 7.87. The first-order chi connectivity index (χ1) is 6.34. The van der Waals surface area contributed by atoms with E-state index in [0.717, 1.165) is 12.3 Å². The largest absolute Gasteiger partial charge is 0.306 e. The van der Waals surface area contributed by atoms with E-state index in [4.69, 9.17) is 0 Å². The van der Waals surface area contributed by atoms with Crippen LogP contribution in [-0.2, 0) is 6.42 Å². The van der Waals surface area contributed by atoms with E-state index in [1.165, 1.54) is 25.1 Å². The number of hydrogen-bond acceptors (Lipinski definition) is 3. The fraction of sp³-hybridized carbons (Fsp3) is 0.600. The summed E-state index contributed by atoms with van der Waals surface area (Å²) >= 11 is 0. The average molecular weight is 177 g/mol. The van der Waals surface area contributed by atoms with E-state index < -0.39 is 0 Å². The highest BCUT2D eigenvalue weighted by Crippen LogP contribution is 2.18. The minimum Gasteiger partial charge on any atom is -0.306 e. The minimum atomic E-state index is 0.802. The molecule has 0 spiro atoms. The quantitative estimate of drug-likeness (QED) is 0.674. The Labute approximate surface area is 78.8 Å². The van der Waals surface area contributed by atoms with Gasteiger partial charge in [-0.1, -0.05) is 0 Å². The molecule has 0 N–H and O–H groups in total. The maximum Gasteiger partial charge on any atom is 0.115 e. The molecule has 1 unspecified atom stereocenters. The first-order valence-corrected chi connectivity index (χ1v) is 4.77. The van der Waals surface area contributed by atoms with Gasteiger partial charge in [0.15, 0.2) is 0 Å². The Bertz CT molecular complexity index is 260. The highest BCUT2D eigenvalue weighted by atomic mass is 15.1. The van der Waals surface area contributed by atoms with Crippen molar-refractivity contribution in [2.45, 2.75) is 12.8 Å². The second-order valence-electron chi connectivity index (χ2n) is 3.87. The Balaban J connectivity index is 1.92. The summed E-state index contributed by atoms with van der Waals surface area (Å²) in [4.78, 5) is 10.4. The Hall–Kier alpha value is -0.960. The van der Waals surface area contributed by atoms with Crippen LogP contribution in [0.2, 0.25) is 0 Å². The third kappa shape index (κ3) is 2.25. The molecule has 0 amide bonds. The van der Waals surface area contributed by atoms with Crippen LogP contribution in [0.25, 0.3) is 0 Å². The predicted molar refractivity (Wildman–Crippen MR) is 51.3 cm³/mol. The summed E-state index contributed by atoms with van der Waals surface area (Å²) in [7, 11) is 2.18. The third-order valence-corrected chi connectivity index (χ3v) is 2.63. The predicted octanol–water partition coefficient (Wildman–Crippen LogP) is 0.971. The average Bonchev–Trinajstić information content (AvgIpc) is 2.53. The molecule has 1 aromatic rings. The van der Waals surface area contributed by atoms with Gasteiger partial charge in [-0.05, 0) is 37.9 Å². The van der Waals surface area contributed by atoms with E-state index in [9.17, 15) is 0 Å². The molecule has 70 valence electrons. The maximum atomic E-state index is 4.02. The first-order valence-electron chi connectivity index (χ1n) is 4.77. The molecule has 1 aliphatic rings. The topological polar surface area (TPSA) is 29.0 Å². The molecular weight excluding hydrogens is 162 g/mol. The monoisotopic (exact) mass is 177 g/mol. The van der Waals surface area contributed by atoms with Gasteiger partial charge in [0.25, 0.3) is 0 Å². The molecule has 3 nitrogen and oxygen atoms in total. The van der Waals surface area contributed by atoms with Gasteiger partial charge in [-0.15, -0.1) is 0 Å². The second-order valence-corrected chi connectivity index (χ2v) is 3.87. The zero-order valence-corrected chi connectivity index (χ0v) is 7.98. The SMILES string of the molecule is CN1CCC(Cc2cncnc2)C1. The van der Waals surface area contributed by atoms with Gasteiger partial charge in [-0.25, -0.2) is 9.97 Å². The normalized spacial score (nSPS) is 23.6. The minimum absolute atomic E-state index is 0.802. The van der Waals surface area contributed by atoms with Crippen molar-refractivity contribution in [3.8, 4) is 0 Å². The Morgan fingerprint density at radius 2 is 2.23 bits per heavy atom. The van der Waals surface area contributed by atoms with E-state index >= 15 is 0 Å². The summed E-state index contributed by atoms with van der Waals surface area (Å²) in [5, 5.41) is 0. The molecular formula is C10H15N3. The molecule has 1 atom stereocenters. The Morgan fingerprint density at radius 1 is 1.46 bits per heavy atom. The molecule has 1 saturated heterocycles. The molecule has 2 rings (SSSR count). The van der Waals surface area contributed by atoms with Gasteiger partial charge in [0.1, 0.15) is 6.33 Å². The van der Waals surface area contributed by atoms with Crippen LogP contribution >= 0.6 is 0 Å². The lowest BCUT2D eigenvalue weighted by molar-refractivity contribution is 0.394. The molecule has 1 aliphatic heterocycles. The summed E-state index contributed by atoms with van der Waals surface area (Å²) in [6, 6.07) is 0. The van der Waals surface area contributed by atoms with Crippen LogP contribution in [0.4, 0.5) is 0 Å². The highest BCUT2D eigenvalue weighted by Gasteiger charge is 2.19. The molecule has 0 bridgehead atoms. The van der Waals surface area contributed by atoms with Crippen LogP contribution in [0.3, 0.4) is 0 Å². The summed E-state index contributed by atoms with van der Waals surface area (Å²) in [5.74, 6) is 0.802. The molecule has 0 saturated carbocycles. The van der Waals surface area contributed by atoms with Gasteiger partial charge < -0.3 is 4.90 Å². The summed E-state index contributed by atoms with van der Waals surface area (Å²) < 4.78 is 0. The molecule has 0 aromatic carbocycles. The first kappa shape index (κ1) is 8.63. The molecule has 3 heteroatoms. The van der Waals surface area contributed by atoms with Crippen LogP contribution in [0.1, 0.15) is 12.0 Å². The summed E-state index contributed by atoms with van der Waals surface area (Å²) in [6.45, 7) is 2.45. The lowest BCUT2D eigenvalue weighted by atomic mass is 10.0. The molecule has 13 heavy (non-hydrogen) atoms. The molecule has 0 aliphatic carbocycles. The molecule has 2 heterocycles. The van der Waals surface area contributed by atoms with Gasteiger partial charge in [-0.3, -0.25) is 0 Å². The van der Waals surface area contributed by atoms with Crippen LogP contribution in [0.15, 0.2) is 18.7 Å². The number of aromatic nitrogens is 2. The Morgan fingerprint density at radius 3 is 2.85 bits per heavy atom. The maximum absolute atomic E-state index is 4.02. The van der Waals surface area contributed by atoms with Crippen LogP contribution < -0.4 is 0 Å². The van der Waals surface area contributed by atoms with E-state index in [0.29, 0.717) is 0 Å². The van der Waals surface area contributed by atoms with Crippen molar-refractivity contribution in [2.24, 2.45) is 5.92 Å². The van der Waals surface area contributed by atoms with Crippen molar-refractivity contribution in [3.05, 3.63) is 24.3 Å². The van der Waals surface area contributed by atoms with Gasteiger partial charge in [-0.2, -0.15) is 0 Å². The van der Waals surface area contributed by atoms with E-state index in [-0.39, 0.29) is 0 Å². The Kier molecular flexibility index (Phi) is 2.54. The van der Waals surface area contributed by atoms with Gasteiger partial charge in [0.2, 0.25) is 0 Å². The second kappa shape index (κ2) is 3.83. The third-order valence-electron chi connectivity index (χ3n) is 2.63. The summed E-state index contributed by atoms with van der Waals surface area (Å²) in [5.41, 5.74) is 1.27. The van der Waals surface area contributed by atoms with E-state index in [1.54, 1.807) is 6.33 Å². The van der Waals surface area contributed by atoms with Crippen molar-refractivity contribution in [1.29, 1.82) is 0 Å². The van der Waals surface area contributed by atoms with E-state index in [2.05, 4.69) is 21.9 Å². The van der Waals surface area contributed by atoms with Crippen molar-refractivity contribution in [1.82, 2.24) is 14.9 Å². The van der Waals surface area contributed by atoms with Gasteiger partial charge in [0.05, 0.1) is 0 Å². The lowest BCUT2D eigenvalue weighted by Gasteiger charge is -2.09. The lowest BCUT2D eigenvalue weighted by Crippen LogP contribution is -2.15. The zero-order valence-electron chi connectivity index (χ0n) is 7.98. The van der Waals surface area contributed by atoms with Crippen LogP contribution in [0, 0.1) is 5.92 Å². The number of nitrogens with zero attached hydrogens (tertiary/aromatic N) is 3. The highest BCUT2D eigenvalue weighted by molar-refractivity contribution is 5.04. The van der Waals surface area contributed by atoms with Crippen molar-refractivity contribution >= 4 is 0 Å². The van der Waals surface area contributed by atoms with Crippen molar-refractivity contribution < 1.29 is 0 Å². The molecule has 1 aromatic heterocycles. The van der Waals surface area contributed by atoms with Crippen LogP contribution in [-0.4, -0.2) is 35.0 Å². The number of hydrogen-bond donors (Lipinski definition) is 0. The van der Waals surface area contributed by atoms with Crippen molar-refractivity contribution in [2.75, 3.05) is 20.1 Å². The van der Waals surface area contributed by atoms with Crippen LogP contribution in [0.5, 0.6) is 0 Å².